The third kappa shape index (κ3) is 3.67. The van der Waals surface area contributed by atoms with Gasteiger partial charge in [-0.05, 0) is 25.7 Å². The van der Waals surface area contributed by atoms with Crippen molar-refractivity contribution in [1.82, 2.24) is 0 Å². The smallest absolute Gasteiger partial charge is 0.0540 e. The van der Waals surface area contributed by atoms with Crippen molar-refractivity contribution in [3.63, 3.8) is 0 Å². The summed E-state index contributed by atoms with van der Waals surface area (Å²) in [7, 11) is 0. The Bertz CT molecular complexity index is 86.7. The first-order valence-corrected chi connectivity index (χ1v) is 4.01. The van der Waals surface area contributed by atoms with Crippen molar-refractivity contribution < 1.29 is 5.11 Å². The Kier molecular flexibility index (Phi) is 5.32. The quantitative estimate of drug-likeness (QED) is 0.584. The topological polar surface area (TPSA) is 20.2 Å². The largest absolute Gasteiger partial charge is 0.393 e. The van der Waals surface area contributed by atoms with Crippen LogP contribution in [0.1, 0.15) is 33.1 Å². The lowest BCUT2D eigenvalue weighted by Crippen LogP contribution is -2.15. The van der Waals surface area contributed by atoms with Crippen molar-refractivity contribution in [2.75, 3.05) is 0 Å². The van der Waals surface area contributed by atoms with E-state index in [1.165, 1.54) is 0 Å². The molecular weight excluding hydrogens is 124 g/mol. The van der Waals surface area contributed by atoms with E-state index >= 15 is 0 Å². The molecule has 0 aliphatic carbocycles. The summed E-state index contributed by atoms with van der Waals surface area (Å²) in [5.74, 6) is 0.456. The van der Waals surface area contributed by atoms with Crippen LogP contribution >= 0.6 is 0 Å². The molecule has 0 radical (unpaired) electrons. The zero-order chi connectivity index (χ0) is 7.98. The highest BCUT2D eigenvalue weighted by molar-refractivity contribution is 4.71. The van der Waals surface area contributed by atoms with Gasteiger partial charge in [0.05, 0.1) is 6.10 Å². The second kappa shape index (κ2) is 5.48. The Morgan fingerprint density at radius 2 is 2.20 bits per heavy atom. The summed E-state index contributed by atoms with van der Waals surface area (Å²) >= 11 is 0. The van der Waals surface area contributed by atoms with Crippen LogP contribution in [0.4, 0.5) is 0 Å². The first-order chi connectivity index (χ1) is 4.72. The SMILES string of the molecule is C=CCCC(CC)C(C)O. The van der Waals surface area contributed by atoms with E-state index in [2.05, 4.69) is 13.5 Å². The Morgan fingerprint density at radius 1 is 1.60 bits per heavy atom. The van der Waals surface area contributed by atoms with Crippen molar-refractivity contribution in [3.8, 4) is 0 Å². The maximum atomic E-state index is 9.20. The molecule has 1 heteroatoms. The minimum absolute atomic E-state index is 0.162. The molecular formula is C9H18O. The van der Waals surface area contributed by atoms with Gasteiger partial charge in [-0.3, -0.25) is 0 Å². The molecule has 10 heavy (non-hydrogen) atoms. The minimum Gasteiger partial charge on any atom is -0.393 e. The number of aliphatic hydroxyl groups excluding tert-OH is 1. The second-order valence-electron chi connectivity index (χ2n) is 2.77. The lowest BCUT2D eigenvalue weighted by atomic mass is 9.95. The van der Waals surface area contributed by atoms with E-state index in [1.54, 1.807) is 0 Å². The number of aliphatic hydroxyl groups is 1. The Labute approximate surface area is 63.8 Å². The summed E-state index contributed by atoms with van der Waals surface area (Å²) in [6, 6.07) is 0. The molecule has 0 aliphatic heterocycles. The van der Waals surface area contributed by atoms with E-state index < -0.39 is 0 Å². The van der Waals surface area contributed by atoms with E-state index in [0.717, 1.165) is 19.3 Å². The molecule has 0 saturated heterocycles. The van der Waals surface area contributed by atoms with E-state index in [1.807, 2.05) is 13.0 Å². The number of hydrogen-bond acceptors (Lipinski definition) is 1. The molecule has 0 heterocycles. The van der Waals surface area contributed by atoms with Gasteiger partial charge in [0.1, 0.15) is 0 Å². The monoisotopic (exact) mass is 142 g/mol. The highest BCUT2D eigenvalue weighted by Crippen LogP contribution is 2.15. The molecule has 0 amide bonds. The van der Waals surface area contributed by atoms with Crippen LogP contribution in [0.15, 0.2) is 12.7 Å². The Morgan fingerprint density at radius 3 is 2.50 bits per heavy atom. The third-order valence-electron chi connectivity index (χ3n) is 1.95. The molecule has 0 saturated carbocycles. The third-order valence-corrected chi connectivity index (χ3v) is 1.95. The molecule has 60 valence electrons. The van der Waals surface area contributed by atoms with Crippen molar-refractivity contribution in [1.29, 1.82) is 0 Å². The van der Waals surface area contributed by atoms with Gasteiger partial charge < -0.3 is 5.11 Å². The fourth-order valence-corrected chi connectivity index (χ4v) is 1.12. The second-order valence-corrected chi connectivity index (χ2v) is 2.77. The van der Waals surface area contributed by atoms with E-state index in [4.69, 9.17) is 0 Å². The molecule has 0 fully saturated rings. The van der Waals surface area contributed by atoms with Crippen LogP contribution in [-0.2, 0) is 0 Å². The van der Waals surface area contributed by atoms with Crippen LogP contribution in [0.25, 0.3) is 0 Å². The maximum absolute atomic E-state index is 9.20. The predicted molar refractivity (Wildman–Crippen MR) is 44.9 cm³/mol. The lowest BCUT2D eigenvalue weighted by molar-refractivity contribution is 0.118. The average Bonchev–Trinajstić information content (AvgIpc) is 1.89. The molecule has 0 aromatic heterocycles. The fraction of sp³-hybridized carbons (Fsp3) is 0.778. The van der Waals surface area contributed by atoms with Gasteiger partial charge in [-0.15, -0.1) is 6.58 Å². The number of allylic oxidation sites excluding steroid dienone is 1. The normalized spacial score (nSPS) is 16.3. The molecule has 0 spiro atoms. The summed E-state index contributed by atoms with van der Waals surface area (Å²) < 4.78 is 0. The first kappa shape index (κ1) is 9.70. The van der Waals surface area contributed by atoms with Crippen LogP contribution in [0.3, 0.4) is 0 Å². The van der Waals surface area contributed by atoms with Crippen LogP contribution in [-0.4, -0.2) is 11.2 Å². The van der Waals surface area contributed by atoms with Crippen LogP contribution in [0, 0.1) is 5.92 Å². The van der Waals surface area contributed by atoms with Gasteiger partial charge >= 0.3 is 0 Å². The summed E-state index contributed by atoms with van der Waals surface area (Å²) in [5.41, 5.74) is 0. The minimum atomic E-state index is -0.162. The van der Waals surface area contributed by atoms with E-state index in [9.17, 15) is 5.11 Å². The summed E-state index contributed by atoms with van der Waals surface area (Å²) in [6.45, 7) is 7.61. The van der Waals surface area contributed by atoms with Crippen LogP contribution in [0.2, 0.25) is 0 Å². The molecule has 0 aromatic carbocycles. The lowest BCUT2D eigenvalue weighted by Gasteiger charge is -2.16. The molecule has 0 bridgehead atoms. The molecule has 2 unspecified atom stereocenters. The predicted octanol–water partition coefficient (Wildman–Crippen LogP) is 2.36. The van der Waals surface area contributed by atoms with Crippen molar-refractivity contribution in [3.05, 3.63) is 12.7 Å². The highest BCUT2D eigenvalue weighted by atomic mass is 16.3. The van der Waals surface area contributed by atoms with Gasteiger partial charge in [0, 0.05) is 0 Å². The van der Waals surface area contributed by atoms with Gasteiger partial charge in [-0.2, -0.15) is 0 Å². The fourth-order valence-electron chi connectivity index (χ4n) is 1.12. The van der Waals surface area contributed by atoms with Crippen LogP contribution in [0.5, 0.6) is 0 Å². The zero-order valence-electron chi connectivity index (χ0n) is 7.01. The number of hydrogen-bond donors (Lipinski definition) is 1. The molecule has 1 nitrogen and oxygen atoms in total. The average molecular weight is 142 g/mol. The summed E-state index contributed by atoms with van der Waals surface area (Å²) in [6.07, 6.45) is 4.89. The maximum Gasteiger partial charge on any atom is 0.0540 e. The van der Waals surface area contributed by atoms with E-state index in [-0.39, 0.29) is 6.10 Å². The first-order valence-electron chi connectivity index (χ1n) is 4.01. The van der Waals surface area contributed by atoms with Crippen LogP contribution < -0.4 is 0 Å². The highest BCUT2D eigenvalue weighted by Gasteiger charge is 2.10. The van der Waals surface area contributed by atoms with Crippen molar-refractivity contribution >= 4 is 0 Å². The molecule has 0 aliphatic rings. The molecule has 0 rings (SSSR count). The molecule has 2 atom stereocenters. The zero-order valence-corrected chi connectivity index (χ0v) is 7.01. The van der Waals surface area contributed by atoms with Gasteiger partial charge in [0.15, 0.2) is 0 Å². The molecule has 1 N–H and O–H groups in total. The summed E-state index contributed by atoms with van der Waals surface area (Å²) in [4.78, 5) is 0. The van der Waals surface area contributed by atoms with Gasteiger partial charge in [-0.25, -0.2) is 0 Å². The van der Waals surface area contributed by atoms with Crippen molar-refractivity contribution in [2.24, 2.45) is 5.92 Å². The Hall–Kier alpha value is -0.300. The van der Waals surface area contributed by atoms with Gasteiger partial charge in [0.2, 0.25) is 0 Å². The summed E-state index contributed by atoms with van der Waals surface area (Å²) in [5, 5.41) is 9.20. The standard InChI is InChI=1S/C9H18O/c1-4-6-7-9(5-2)8(3)10/h4,8-10H,1,5-7H2,2-3H3. The Balaban J connectivity index is 3.49. The van der Waals surface area contributed by atoms with Gasteiger partial charge in [-0.1, -0.05) is 19.4 Å². The van der Waals surface area contributed by atoms with Crippen molar-refractivity contribution in [2.45, 2.75) is 39.2 Å². The number of rotatable bonds is 5. The van der Waals surface area contributed by atoms with E-state index in [0.29, 0.717) is 5.92 Å². The molecule has 0 aromatic rings. The van der Waals surface area contributed by atoms with Gasteiger partial charge in [0.25, 0.3) is 0 Å².